The second-order valence-corrected chi connectivity index (χ2v) is 5.53. The van der Waals surface area contributed by atoms with Gasteiger partial charge in [0.05, 0.1) is 0 Å². The minimum Gasteiger partial charge on any atom is -0.371 e. The van der Waals surface area contributed by atoms with E-state index in [1.807, 2.05) is 0 Å². The highest BCUT2D eigenvalue weighted by Crippen LogP contribution is 2.35. The van der Waals surface area contributed by atoms with Crippen molar-refractivity contribution < 1.29 is 0 Å². The second kappa shape index (κ2) is 4.69. The summed E-state index contributed by atoms with van der Waals surface area (Å²) in [5.41, 5.74) is 8.99. The van der Waals surface area contributed by atoms with Crippen molar-refractivity contribution in [2.75, 3.05) is 18.0 Å². The molecule has 3 rings (SSSR count). The summed E-state index contributed by atoms with van der Waals surface area (Å²) >= 11 is 0. The first-order valence-corrected chi connectivity index (χ1v) is 6.94. The van der Waals surface area contributed by atoms with Gasteiger partial charge >= 0.3 is 0 Å². The molecule has 92 valence electrons. The molecular formula is C15H22N2. The van der Waals surface area contributed by atoms with Crippen LogP contribution in [-0.4, -0.2) is 13.1 Å². The Kier molecular flexibility index (Phi) is 3.06. The summed E-state index contributed by atoms with van der Waals surface area (Å²) in [6.07, 6.45) is 6.62. The lowest BCUT2D eigenvalue weighted by Crippen LogP contribution is -2.25. The van der Waals surface area contributed by atoms with Gasteiger partial charge in [0.1, 0.15) is 0 Å². The Bertz CT molecular complexity index is 384. The first-order chi connectivity index (χ1) is 8.34. The largest absolute Gasteiger partial charge is 0.371 e. The number of nitrogens with zero attached hydrogens (tertiary/aromatic N) is 1. The van der Waals surface area contributed by atoms with E-state index in [2.05, 4.69) is 29.2 Å². The van der Waals surface area contributed by atoms with E-state index in [1.165, 1.54) is 50.0 Å². The van der Waals surface area contributed by atoms with Crippen LogP contribution in [-0.2, 0) is 0 Å². The first kappa shape index (κ1) is 11.1. The Morgan fingerprint density at radius 2 is 2.00 bits per heavy atom. The van der Waals surface area contributed by atoms with E-state index in [0.717, 1.165) is 12.3 Å². The fourth-order valence-electron chi connectivity index (χ4n) is 2.84. The lowest BCUT2D eigenvalue weighted by atomic mass is 10.0. The van der Waals surface area contributed by atoms with Gasteiger partial charge in [0.25, 0.3) is 0 Å². The van der Waals surface area contributed by atoms with Crippen LogP contribution in [0.4, 0.5) is 5.69 Å². The number of hydrogen-bond acceptors (Lipinski definition) is 2. The molecule has 1 aromatic rings. The molecule has 0 spiro atoms. The molecule has 0 bridgehead atoms. The molecule has 0 aromatic heterocycles. The summed E-state index contributed by atoms with van der Waals surface area (Å²) in [6, 6.07) is 8.93. The predicted molar refractivity (Wildman–Crippen MR) is 72.2 cm³/mol. The van der Waals surface area contributed by atoms with E-state index in [9.17, 15) is 0 Å². The van der Waals surface area contributed by atoms with Crippen molar-refractivity contribution in [1.82, 2.24) is 0 Å². The zero-order valence-corrected chi connectivity index (χ0v) is 10.4. The van der Waals surface area contributed by atoms with Crippen molar-refractivity contribution in [3.8, 4) is 0 Å². The molecule has 1 unspecified atom stereocenters. The van der Waals surface area contributed by atoms with Gasteiger partial charge < -0.3 is 10.6 Å². The molecule has 1 aliphatic carbocycles. The van der Waals surface area contributed by atoms with Crippen molar-refractivity contribution in [3.63, 3.8) is 0 Å². The first-order valence-electron chi connectivity index (χ1n) is 6.94. The zero-order chi connectivity index (χ0) is 11.7. The molecular weight excluding hydrogens is 208 g/mol. The monoisotopic (exact) mass is 230 g/mol. The number of hydrogen-bond donors (Lipinski definition) is 1. The van der Waals surface area contributed by atoms with Gasteiger partial charge in [-0.2, -0.15) is 0 Å². The number of anilines is 1. The van der Waals surface area contributed by atoms with Gasteiger partial charge in [-0.05, 0) is 36.8 Å². The smallest absolute Gasteiger partial charge is 0.0414 e. The zero-order valence-electron chi connectivity index (χ0n) is 10.4. The van der Waals surface area contributed by atoms with Gasteiger partial charge in [0.15, 0.2) is 0 Å². The lowest BCUT2D eigenvalue weighted by molar-refractivity contribution is 0.614. The van der Waals surface area contributed by atoms with Gasteiger partial charge in [-0.15, -0.1) is 0 Å². The topological polar surface area (TPSA) is 29.3 Å². The predicted octanol–water partition coefficient (Wildman–Crippen LogP) is 3.09. The number of nitrogens with two attached hydrogens (primary N) is 1. The number of benzene rings is 1. The van der Waals surface area contributed by atoms with Crippen LogP contribution < -0.4 is 10.6 Å². The maximum Gasteiger partial charge on any atom is 0.0414 e. The molecule has 1 fully saturated rings. The second-order valence-electron chi connectivity index (χ2n) is 5.53. The van der Waals surface area contributed by atoms with Crippen molar-refractivity contribution in [2.45, 2.75) is 38.1 Å². The summed E-state index contributed by atoms with van der Waals surface area (Å²) < 4.78 is 0. The van der Waals surface area contributed by atoms with E-state index < -0.39 is 0 Å². The molecule has 0 radical (unpaired) electrons. The van der Waals surface area contributed by atoms with Crippen molar-refractivity contribution in [2.24, 2.45) is 11.7 Å². The Morgan fingerprint density at radius 1 is 1.18 bits per heavy atom. The third-order valence-electron chi connectivity index (χ3n) is 4.12. The fraction of sp³-hybridized carbons (Fsp3) is 0.600. The highest BCUT2D eigenvalue weighted by Gasteiger charge is 2.24. The molecule has 17 heavy (non-hydrogen) atoms. The molecule has 0 saturated heterocycles. The van der Waals surface area contributed by atoms with Crippen LogP contribution in [0.25, 0.3) is 0 Å². The van der Waals surface area contributed by atoms with Crippen LogP contribution in [0.2, 0.25) is 0 Å². The van der Waals surface area contributed by atoms with E-state index in [-0.39, 0.29) is 6.04 Å². The third kappa shape index (κ3) is 2.47. The van der Waals surface area contributed by atoms with Crippen LogP contribution in [0.5, 0.6) is 0 Å². The Labute approximate surface area is 104 Å². The number of rotatable bonds is 3. The molecule has 2 heteroatoms. The third-order valence-corrected chi connectivity index (χ3v) is 4.12. The van der Waals surface area contributed by atoms with Gasteiger partial charge in [-0.25, -0.2) is 0 Å². The fourth-order valence-corrected chi connectivity index (χ4v) is 2.84. The normalized spacial score (nSPS) is 24.3. The lowest BCUT2D eigenvalue weighted by Gasteiger charge is -2.25. The molecule has 1 atom stereocenters. The van der Waals surface area contributed by atoms with E-state index in [1.54, 1.807) is 0 Å². The van der Waals surface area contributed by atoms with Crippen LogP contribution in [0.15, 0.2) is 24.3 Å². The average Bonchev–Trinajstić information content (AvgIpc) is 3.17. The molecule has 2 nitrogen and oxygen atoms in total. The highest BCUT2D eigenvalue weighted by atomic mass is 15.1. The van der Waals surface area contributed by atoms with Crippen LogP contribution in [0, 0.1) is 5.92 Å². The standard InChI is InChI=1S/C15H22N2/c16-14-5-3-10-17(11-9-12-7-8-12)15-6-2-1-4-13(14)15/h1-2,4,6,12,14H,3,5,7-11,16H2. The maximum atomic E-state index is 6.25. The van der Waals surface area contributed by atoms with Crippen LogP contribution >= 0.6 is 0 Å². The van der Waals surface area contributed by atoms with Crippen molar-refractivity contribution in [3.05, 3.63) is 29.8 Å². The molecule has 1 aromatic carbocycles. The van der Waals surface area contributed by atoms with Crippen LogP contribution in [0.3, 0.4) is 0 Å². The van der Waals surface area contributed by atoms with E-state index in [4.69, 9.17) is 5.73 Å². The van der Waals surface area contributed by atoms with Gasteiger partial charge in [0.2, 0.25) is 0 Å². The molecule has 0 amide bonds. The van der Waals surface area contributed by atoms with E-state index in [0.29, 0.717) is 0 Å². The SMILES string of the molecule is NC1CCCN(CCC2CC2)c2ccccc21. The average molecular weight is 230 g/mol. The highest BCUT2D eigenvalue weighted by molar-refractivity contribution is 5.55. The number of para-hydroxylation sites is 1. The summed E-state index contributed by atoms with van der Waals surface area (Å²) in [5.74, 6) is 1.01. The minimum atomic E-state index is 0.233. The molecule has 2 N–H and O–H groups in total. The quantitative estimate of drug-likeness (QED) is 0.864. The molecule has 1 heterocycles. The number of fused-ring (bicyclic) bond motifs is 1. The summed E-state index contributed by atoms with van der Waals surface area (Å²) in [7, 11) is 0. The molecule has 1 saturated carbocycles. The summed E-state index contributed by atoms with van der Waals surface area (Å²) in [5, 5.41) is 0. The minimum absolute atomic E-state index is 0.233. The Balaban J connectivity index is 1.80. The van der Waals surface area contributed by atoms with Crippen LogP contribution in [0.1, 0.15) is 43.7 Å². The summed E-state index contributed by atoms with van der Waals surface area (Å²) in [4.78, 5) is 2.56. The summed E-state index contributed by atoms with van der Waals surface area (Å²) in [6.45, 7) is 2.39. The van der Waals surface area contributed by atoms with Crippen molar-refractivity contribution in [1.29, 1.82) is 0 Å². The van der Waals surface area contributed by atoms with E-state index >= 15 is 0 Å². The molecule has 1 aliphatic heterocycles. The van der Waals surface area contributed by atoms with Gasteiger partial charge in [-0.3, -0.25) is 0 Å². The maximum absolute atomic E-state index is 6.25. The van der Waals surface area contributed by atoms with Gasteiger partial charge in [0, 0.05) is 24.8 Å². The Morgan fingerprint density at radius 3 is 2.82 bits per heavy atom. The molecule has 2 aliphatic rings. The van der Waals surface area contributed by atoms with Crippen molar-refractivity contribution >= 4 is 5.69 Å². The Hall–Kier alpha value is -1.02. The van der Waals surface area contributed by atoms with Gasteiger partial charge in [-0.1, -0.05) is 31.0 Å².